The molecular weight excluding hydrogens is 429 g/mol. The summed E-state index contributed by atoms with van der Waals surface area (Å²) in [4.78, 5) is 39.7. The summed E-state index contributed by atoms with van der Waals surface area (Å²) in [6.07, 6.45) is 2.17. The average Bonchev–Trinajstić information content (AvgIpc) is 3.06. The van der Waals surface area contributed by atoms with Gasteiger partial charge in [-0.15, -0.1) is 0 Å². The van der Waals surface area contributed by atoms with E-state index in [4.69, 9.17) is 27.6 Å². The molecule has 3 aromatic rings. The van der Waals surface area contributed by atoms with Crippen LogP contribution >= 0.6 is 23.2 Å². The molecule has 2 heterocycles. The summed E-state index contributed by atoms with van der Waals surface area (Å²) in [5.41, 5.74) is 1.47. The minimum atomic E-state index is -0.630. The summed E-state index contributed by atoms with van der Waals surface area (Å²) in [6, 6.07) is 11.1. The number of piperidine rings is 1. The van der Waals surface area contributed by atoms with Gasteiger partial charge in [0.2, 0.25) is 11.8 Å². The number of para-hydroxylation sites is 2. The van der Waals surface area contributed by atoms with Crippen molar-refractivity contribution < 1.29 is 14.0 Å². The zero-order valence-corrected chi connectivity index (χ0v) is 17.4. The van der Waals surface area contributed by atoms with Crippen molar-refractivity contribution in [1.82, 2.24) is 9.47 Å². The van der Waals surface area contributed by atoms with Gasteiger partial charge in [0.15, 0.2) is 5.58 Å². The minimum Gasteiger partial charge on any atom is -0.408 e. The van der Waals surface area contributed by atoms with Crippen LogP contribution in [0.4, 0.5) is 5.69 Å². The Hall–Kier alpha value is -2.77. The van der Waals surface area contributed by atoms with Crippen molar-refractivity contribution in [3.63, 3.8) is 0 Å². The van der Waals surface area contributed by atoms with Crippen LogP contribution in [0.25, 0.3) is 11.1 Å². The lowest BCUT2D eigenvalue weighted by atomic mass is 10.0. The number of carbonyl (C=O) groups excluding carboxylic acids is 2. The number of anilines is 1. The fourth-order valence-electron chi connectivity index (χ4n) is 3.69. The van der Waals surface area contributed by atoms with E-state index in [1.165, 1.54) is 9.47 Å². The smallest absolute Gasteiger partial charge is 0.408 e. The Labute approximate surface area is 182 Å². The van der Waals surface area contributed by atoms with Crippen LogP contribution < -0.4 is 11.1 Å². The first-order chi connectivity index (χ1) is 14.4. The van der Waals surface area contributed by atoms with Crippen LogP contribution in [0.1, 0.15) is 19.3 Å². The van der Waals surface area contributed by atoms with Crippen molar-refractivity contribution in [3.05, 3.63) is 63.1 Å². The van der Waals surface area contributed by atoms with Crippen LogP contribution in [0, 0.1) is 0 Å². The molecule has 1 aliphatic heterocycles. The maximum Gasteiger partial charge on any atom is 0.420 e. The molecular formula is C21H19Cl2N3O4. The molecule has 9 heteroatoms. The SMILES string of the molecule is O=C(Nc1ccc(Cl)c(Cl)c1)C1CCCCN1C(=O)Cn1c(=O)oc2ccccc21. The third kappa shape index (κ3) is 4.08. The molecule has 2 amide bonds. The predicted octanol–water partition coefficient (Wildman–Crippen LogP) is 3.92. The third-order valence-corrected chi connectivity index (χ3v) is 5.92. The van der Waals surface area contributed by atoms with Gasteiger partial charge in [0, 0.05) is 12.2 Å². The van der Waals surface area contributed by atoms with Crippen molar-refractivity contribution in [2.45, 2.75) is 31.8 Å². The molecule has 0 saturated carbocycles. The third-order valence-electron chi connectivity index (χ3n) is 5.18. The van der Waals surface area contributed by atoms with E-state index in [0.717, 1.165) is 12.8 Å². The molecule has 1 unspecified atom stereocenters. The lowest BCUT2D eigenvalue weighted by Crippen LogP contribution is -2.51. The fourth-order valence-corrected chi connectivity index (χ4v) is 3.99. The number of likely N-dealkylation sites (tertiary alicyclic amines) is 1. The number of hydrogen-bond donors (Lipinski definition) is 1. The normalized spacial score (nSPS) is 16.6. The van der Waals surface area contributed by atoms with Crippen LogP contribution in [0.2, 0.25) is 10.0 Å². The van der Waals surface area contributed by atoms with Gasteiger partial charge in [0.1, 0.15) is 12.6 Å². The second-order valence-corrected chi connectivity index (χ2v) is 7.95. The van der Waals surface area contributed by atoms with Crippen LogP contribution in [0.15, 0.2) is 51.7 Å². The van der Waals surface area contributed by atoms with Gasteiger partial charge in [-0.3, -0.25) is 14.2 Å². The monoisotopic (exact) mass is 447 g/mol. The topological polar surface area (TPSA) is 84.5 Å². The van der Waals surface area contributed by atoms with Crippen LogP contribution in [0.3, 0.4) is 0 Å². The number of hydrogen-bond acceptors (Lipinski definition) is 4. The number of amides is 2. The van der Waals surface area contributed by atoms with Crippen LogP contribution in [-0.4, -0.2) is 33.9 Å². The summed E-state index contributed by atoms with van der Waals surface area (Å²) in [5, 5.41) is 3.52. The zero-order chi connectivity index (χ0) is 21.3. The Morgan fingerprint density at radius 1 is 1.10 bits per heavy atom. The van der Waals surface area contributed by atoms with Gasteiger partial charge in [0.05, 0.1) is 15.6 Å². The highest BCUT2D eigenvalue weighted by Gasteiger charge is 2.32. The first-order valence-electron chi connectivity index (χ1n) is 9.58. The molecule has 4 rings (SSSR count). The average molecular weight is 448 g/mol. The Bertz CT molecular complexity index is 1170. The first kappa shape index (κ1) is 20.5. The molecule has 1 aromatic heterocycles. The zero-order valence-electron chi connectivity index (χ0n) is 15.9. The molecule has 1 saturated heterocycles. The highest BCUT2D eigenvalue weighted by molar-refractivity contribution is 6.42. The number of fused-ring (bicyclic) bond motifs is 1. The maximum absolute atomic E-state index is 13.0. The van der Waals surface area contributed by atoms with E-state index >= 15 is 0 Å². The predicted molar refractivity (Wildman–Crippen MR) is 115 cm³/mol. The molecule has 1 atom stereocenters. The van der Waals surface area contributed by atoms with Crippen molar-refractivity contribution in [2.75, 3.05) is 11.9 Å². The molecule has 1 aliphatic rings. The molecule has 7 nitrogen and oxygen atoms in total. The molecule has 156 valence electrons. The Morgan fingerprint density at radius 2 is 1.90 bits per heavy atom. The second-order valence-electron chi connectivity index (χ2n) is 7.14. The second kappa shape index (κ2) is 8.53. The van der Waals surface area contributed by atoms with Crippen molar-refractivity contribution in [3.8, 4) is 0 Å². The van der Waals surface area contributed by atoms with Crippen molar-refractivity contribution >= 4 is 51.8 Å². The van der Waals surface area contributed by atoms with E-state index in [2.05, 4.69) is 5.32 Å². The number of rotatable bonds is 4. The summed E-state index contributed by atoms with van der Waals surface area (Å²) in [7, 11) is 0. The van der Waals surface area contributed by atoms with Gasteiger partial charge in [0.25, 0.3) is 0 Å². The maximum atomic E-state index is 13.0. The van der Waals surface area contributed by atoms with E-state index in [1.54, 1.807) is 42.5 Å². The number of halogens is 2. The molecule has 1 fully saturated rings. The molecule has 0 radical (unpaired) electrons. The number of oxazole rings is 1. The molecule has 2 aromatic carbocycles. The van der Waals surface area contributed by atoms with E-state index in [-0.39, 0.29) is 18.4 Å². The Kier molecular flexibility index (Phi) is 5.83. The van der Waals surface area contributed by atoms with E-state index in [1.807, 2.05) is 0 Å². The van der Waals surface area contributed by atoms with Gasteiger partial charge in [-0.05, 0) is 49.6 Å². The standard InChI is InChI=1S/C21H19Cl2N3O4/c22-14-9-8-13(11-15(14)23)24-20(28)17-6-3-4-10-25(17)19(27)12-26-16-5-1-2-7-18(16)30-21(26)29/h1-2,5,7-9,11,17H,3-4,6,10,12H2,(H,24,28). The van der Waals surface area contributed by atoms with E-state index in [0.29, 0.717) is 39.8 Å². The molecule has 0 aliphatic carbocycles. The lowest BCUT2D eigenvalue weighted by Gasteiger charge is -2.34. The van der Waals surface area contributed by atoms with Gasteiger partial charge in [-0.25, -0.2) is 4.79 Å². The van der Waals surface area contributed by atoms with Crippen LogP contribution in [-0.2, 0) is 16.1 Å². The highest BCUT2D eigenvalue weighted by atomic mass is 35.5. The number of benzene rings is 2. The number of aromatic nitrogens is 1. The quantitative estimate of drug-likeness (QED) is 0.656. The van der Waals surface area contributed by atoms with Crippen molar-refractivity contribution in [1.29, 1.82) is 0 Å². The number of carbonyl (C=O) groups is 2. The first-order valence-corrected chi connectivity index (χ1v) is 10.3. The largest absolute Gasteiger partial charge is 0.420 e. The molecule has 0 spiro atoms. The summed E-state index contributed by atoms with van der Waals surface area (Å²) < 4.78 is 6.49. The summed E-state index contributed by atoms with van der Waals surface area (Å²) in [6.45, 7) is 0.259. The van der Waals surface area contributed by atoms with Gasteiger partial charge < -0.3 is 14.6 Å². The van der Waals surface area contributed by atoms with Gasteiger partial charge in [-0.1, -0.05) is 35.3 Å². The van der Waals surface area contributed by atoms with E-state index < -0.39 is 11.8 Å². The number of nitrogens with zero attached hydrogens (tertiary/aromatic N) is 2. The number of nitrogens with one attached hydrogen (secondary N) is 1. The van der Waals surface area contributed by atoms with Gasteiger partial charge >= 0.3 is 5.76 Å². The van der Waals surface area contributed by atoms with Crippen molar-refractivity contribution in [2.24, 2.45) is 0 Å². The molecule has 0 bridgehead atoms. The Balaban J connectivity index is 1.53. The summed E-state index contributed by atoms with van der Waals surface area (Å²) >= 11 is 11.9. The fraction of sp³-hybridized carbons (Fsp3) is 0.286. The lowest BCUT2D eigenvalue weighted by molar-refractivity contribution is -0.140. The van der Waals surface area contributed by atoms with E-state index in [9.17, 15) is 14.4 Å². The van der Waals surface area contributed by atoms with Gasteiger partial charge in [-0.2, -0.15) is 0 Å². The molecule has 1 N–H and O–H groups in total. The molecule has 30 heavy (non-hydrogen) atoms. The van der Waals surface area contributed by atoms with Crippen LogP contribution in [0.5, 0.6) is 0 Å². The summed E-state index contributed by atoms with van der Waals surface area (Å²) in [5.74, 6) is -1.21. The highest BCUT2D eigenvalue weighted by Crippen LogP contribution is 2.26. The minimum absolute atomic E-state index is 0.188. The Morgan fingerprint density at radius 3 is 2.70 bits per heavy atom.